The fourth-order valence-electron chi connectivity index (χ4n) is 3.46. The molecular weight excluding hydrogens is 336 g/mol. The Kier molecular flexibility index (Phi) is 7.72. The van der Waals surface area contributed by atoms with Crippen molar-refractivity contribution < 1.29 is 9.53 Å². The number of amides is 2. The van der Waals surface area contributed by atoms with E-state index < -0.39 is 0 Å². The van der Waals surface area contributed by atoms with Crippen molar-refractivity contribution >= 4 is 6.03 Å². The molecule has 0 aromatic heterocycles. The molecule has 2 aromatic rings. The number of nitrogens with zero attached hydrogens (tertiary/aromatic N) is 1. The number of urea groups is 1. The Hall–Kier alpha value is -2.33. The molecule has 1 N–H and O–H groups in total. The van der Waals surface area contributed by atoms with E-state index in [1.807, 2.05) is 29.2 Å². The third-order valence-corrected chi connectivity index (χ3v) is 5.13. The van der Waals surface area contributed by atoms with Crippen LogP contribution >= 0.6 is 0 Å². The first kappa shape index (κ1) is 19.4. The third-order valence-electron chi connectivity index (χ3n) is 5.13. The quantitative estimate of drug-likeness (QED) is 0.709. The number of hydrogen-bond acceptors (Lipinski definition) is 2. The molecule has 0 aliphatic carbocycles. The van der Waals surface area contributed by atoms with Crippen LogP contribution in [0.1, 0.15) is 30.4 Å². The summed E-state index contributed by atoms with van der Waals surface area (Å²) < 4.78 is 5.86. The minimum atomic E-state index is 0.0757. The molecule has 1 fully saturated rings. The van der Waals surface area contributed by atoms with Crippen LogP contribution in [-0.2, 0) is 17.8 Å². The van der Waals surface area contributed by atoms with Crippen molar-refractivity contribution in [3.63, 3.8) is 0 Å². The zero-order valence-corrected chi connectivity index (χ0v) is 16.0. The highest BCUT2D eigenvalue weighted by Gasteiger charge is 2.22. The number of carbonyl (C=O) groups is 1. The van der Waals surface area contributed by atoms with E-state index in [0.717, 1.165) is 51.9 Å². The number of aryl methyl sites for hydroxylation is 1. The van der Waals surface area contributed by atoms with Gasteiger partial charge in [0.1, 0.15) is 0 Å². The zero-order valence-electron chi connectivity index (χ0n) is 16.0. The minimum Gasteiger partial charge on any atom is -0.376 e. The van der Waals surface area contributed by atoms with E-state index in [9.17, 15) is 4.79 Å². The number of rotatable bonds is 8. The van der Waals surface area contributed by atoms with Gasteiger partial charge in [0.2, 0.25) is 0 Å². The number of hydrogen-bond donors (Lipinski definition) is 1. The van der Waals surface area contributed by atoms with Crippen LogP contribution in [0.3, 0.4) is 0 Å². The summed E-state index contributed by atoms with van der Waals surface area (Å²) in [5.74, 6) is 0.552. The molecule has 2 aromatic carbocycles. The molecule has 0 unspecified atom stereocenters. The average Bonchev–Trinajstić information content (AvgIpc) is 2.73. The van der Waals surface area contributed by atoms with Crippen molar-refractivity contribution in [2.75, 3.05) is 26.2 Å². The normalized spacial score (nSPS) is 14.9. The van der Waals surface area contributed by atoms with E-state index in [4.69, 9.17) is 4.74 Å². The molecule has 4 nitrogen and oxygen atoms in total. The van der Waals surface area contributed by atoms with Crippen LogP contribution in [0.25, 0.3) is 0 Å². The molecule has 3 rings (SSSR count). The Morgan fingerprint density at radius 1 is 0.963 bits per heavy atom. The largest absolute Gasteiger partial charge is 0.376 e. The van der Waals surface area contributed by atoms with Crippen LogP contribution in [0.4, 0.5) is 4.79 Å². The van der Waals surface area contributed by atoms with Gasteiger partial charge in [0.15, 0.2) is 0 Å². The molecule has 27 heavy (non-hydrogen) atoms. The van der Waals surface area contributed by atoms with Gasteiger partial charge in [0.25, 0.3) is 0 Å². The number of piperidine rings is 1. The standard InChI is InChI=1S/C23H30N2O2/c26-23(24-15-7-12-20-8-3-1-4-9-20)25-16-13-22(14-17-25)19-27-18-21-10-5-2-6-11-21/h1-6,8-11,22H,7,12-19H2,(H,24,26). The molecular formula is C23H30N2O2. The molecule has 1 aliphatic heterocycles. The molecule has 0 saturated carbocycles. The van der Waals surface area contributed by atoms with E-state index in [0.29, 0.717) is 12.5 Å². The topological polar surface area (TPSA) is 41.6 Å². The summed E-state index contributed by atoms with van der Waals surface area (Å²) >= 11 is 0. The lowest BCUT2D eigenvalue weighted by Crippen LogP contribution is -2.45. The lowest BCUT2D eigenvalue weighted by atomic mass is 9.98. The molecule has 0 bridgehead atoms. The highest BCUT2D eigenvalue weighted by molar-refractivity contribution is 5.74. The molecule has 0 radical (unpaired) electrons. The summed E-state index contributed by atoms with van der Waals surface area (Å²) in [6.07, 6.45) is 4.01. The molecule has 0 spiro atoms. The van der Waals surface area contributed by atoms with E-state index in [1.165, 1.54) is 11.1 Å². The van der Waals surface area contributed by atoms with Crippen LogP contribution in [0.5, 0.6) is 0 Å². The summed E-state index contributed by atoms with van der Waals surface area (Å²) in [5.41, 5.74) is 2.54. The van der Waals surface area contributed by atoms with Crippen LogP contribution in [0.15, 0.2) is 60.7 Å². The fraction of sp³-hybridized carbons (Fsp3) is 0.435. The second-order valence-corrected chi connectivity index (χ2v) is 7.25. The summed E-state index contributed by atoms with van der Waals surface area (Å²) in [6, 6.07) is 20.8. The molecule has 2 amide bonds. The van der Waals surface area contributed by atoms with Crippen molar-refractivity contribution in [3.8, 4) is 0 Å². The van der Waals surface area contributed by atoms with Gasteiger partial charge in [-0.1, -0.05) is 60.7 Å². The van der Waals surface area contributed by atoms with Crippen molar-refractivity contribution in [2.45, 2.75) is 32.3 Å². The van der Waals surface area contributed by atoms with Gasteiger partial charge in [-0.15, -0.1) is 0 Å². The summed E-state index contributed by atoms with van der Waals surface area (Å²) in [6.45, 7) is 3.83. The monoisotopic (exact) mass is 366 g/mol. The first-order valence-corrected chi connectivity index (χ1v) is 9.99. The van der Waals surface area contributed by atoms with Gasteiger partial charge in [0, 0.05) is 26.2 Å². The average molecular weight is 367 g/mol. The molecule has 1 heterocycles. The van der Waals surface area contributed by atoms with E-state index in [2.05, 4.69) is 41.7 Å². The third kappa shape index (κ3) is 6.72. The summed E-state index contributed by atoms with van der Waals surface area (Å²) in [5, 5.41) is 3.06. The first-order valence-electron chi connectivity index (χ1n) is 9.99. The van der Waals surface area contributed by atoms with E-state index in [1.54, 1.807) is 0 Å². The van der Waals surface area contributed by atoms with Gasteiger partial charge < -0.3 is 15.0 Å². The predicted molar refractivity (Wildman–Crippen MR) is 109 cm³/mol. The van der Waals surface area contributed by atoms with Crippen LogP contribution < -0.4 is 5.32 Å². The lowest BCUT2D eigenvalue weighted by molar-refractivity contribution is 0.0629. The Morgan fingerprint density at radius 3 is 2.26 bits per heavy atom. The van der Waals surface area contributed by atoms with Gasteiger partial charge in [-0.2, -0.15) is 0 Å². The lowest BCUT2D eigenvalue weighted by Gasteiger charge is -2.32. The second kappa shape index (κ2) is 10.7. The maximum atomic E-state index is 12.3. The van der Waals surface area contributed by atoms with Gasteiger partial charge in [-0.25, -0.2) is 4.79 Å². The maximum absolute atomic E-state index is 12.3. The highest BCUT2D eigenvalue weighted by atomic mass is 16.5. The van der Waals surface area contributed by atoms with Crippen molar-refractivity contribution in [2.24, 2.45) is 5.92 Å². The maximum Gasteiger partial charge on any atom is 0.317 e. The summed E-state index contributed by atoms with van der Waals surface area (Å²) in [7, 11) is 0. The SMILES string of the molecule is O=C(NCCCc1ccccc1)N1CCC(COCc2ccccc2)CC1. The van der Waals surface area contributed by atoms with E-state index in [-0.39, 0.29) is 6.03 Å². The van der Waals surface area contributed by atoms with Gasteiger partial charge >= 0.3 is 6.03 Å². The van der Waals surface area contributed by atoms with Gasteiger partial charge in [-0.05, 0) is 42.7 Å². The molecule has 1 aliphatic rings. The number of nitrogens with one attached hydrogen (secondary N) is 1. The number of benzene rings is 2. The summed E-state index contributed by atoms with van der Waals surface area (Å²) in [4.78, 5) is 14.2. The molecule has 1 saturated heterocycles. The fourth-order valence-corrected chi connectivity index (χ4v) is 3.46. The van der Waals surface area contributed by atoms with Gasteiger partial charge in [0.05, 0.1) is 6.61 Å². The highest BCUT2D eigenvalue weighted by Crippen LogP contribution is 2.18. The van der Waals surface area contributed by atoms with Crippen LogP contribution in [0.2, 0.25) is 0 Å². The molecule has 144 valence electrons. The molecule has 4 heteroatoms. The van der Waals surface area contributed by atoms with Gasteiger partial charge in [-0.3, -0.25) is 0 Å². The van der Waals surface area contributed by atoms with Crippen molar-refractivity contribution in [1.82, 2.24) is 10.2 Å². The Morgan fingerprint density at radius 2 is 1.59 bits per heavy atom. The first-order chi connectivity index (χ1) is 13.3. The van der Waals surface area contributed by atoms with Crippen LogP contribution in [0, 0.1) is 5.92 Å². The van der Waals surface area contributed by atoms with Crippen molar-refractivity contribution in [1.29, 1.82) is 0 Å². The predicted octanol–water partition coefficient (Wildman–Crippen LogP) is 4.26. The Balaban J connectivity index is 1.26. The zero-order chi connectivity index (χ0) is 18.7. The van der Waals surface area contributed by atoms with Crippen molar-refractivity contribution in [3.05, 3.63) is 71.8 Å². The Labute approximate surface area is 162 Å². The second-order valence-electron chi connectivity index (χ2n) is 7.25. The van der Waals surface area contributed by atoms with E-state index >= 15 is 0 Å². The number of likely N-dealkylation sites (tertiary alicyclic amines) is 1. The molecule has 0 atom stereocenters. The smallest absolute Gasteiger partial charge is 0.317 e. The number of carbonyl (C=O) groups excluding carboxylic acids is 1. The Bertz CT molecular complexity index is 667. The number of ether oxygens (including phenoxy) is 1. The minimum absolute atomic E-state index is 0.0757. The van der Waals surface area contributed by atoms with Crippen LogP contribution in [-0.4, -0.2) is 37.2 Å².